The summed E-state index contributed by atoms with van der Waals surface area (Å²) in [5.74, 6) is -0.843. The fourth-order valence-corrected chi connectivity index (χ4v) is 3.74. The van der Waals surface area contributed by atoms with Gasteiger partial charge in [-0.25, -0.2) is 0 Å². The maximum atomic E-state index is 13.0. The second-order valence-electron chi connectivity index (χ2n) is 8.00. The molecule has 0 radical (unpaired) electrons. The predicted octanol–water partition coefficient (Wildman–Crippen LogP) is 4.68. The SMILES string of the molecule is Cc1cccc2c1OCC(C(=O)Nc1ccccc1C(=O)Nc1cccc(CCC(=O)O)c1)=C2. The lowest BCUT2D eigenvalue weighted by Gasteiger charge is -2.20. The third kappa shape index (κ3) is 5.32. The fraction of sp³-hybridized carbons (Fsp3) is 0.148. The van der Waals surface area contributed by atoms with Crippen molar-refractivity contribution in [2.45, 2.75) is 19.8 Å². The molecule has 1 aliphatic heterocycles. The van der Waals surface area contributed by atoms with Gasteiger partial charge in [-0.05, 0) is 54.8 Å². The number of para-hydroxylation sites is 2. The highest BCUT2D eigenvalue weighted by Gasteiger charge is 2.20. The molecule has 4 rings (SSSR count). The third-order valence-electron chi connectivity index (χ3n) is 5.47. The van der Waals surface area contributed by atoms with Gasteiger partial charge in [-0.3, -0.25) is 14.4 Å². The molecule has 0 fully saturated rings. The molecule has 0 spiro atoms. The number of nitrogens with one attached hydrogen (secondary N) is 2. The number of rotatable bonds is 7. The number of amides is 2. The molecule has 172 valence electrons. The van der Waals surface area contributed by atoms with Crippen molar-refractivity contribution in [2.24, 2.45) is 0 Å². The van der Waals surface area contributed by atoms with Gasteiger partial charge in [-0.2, -0.15) is 0 Å². The van der Waals surface area contributed by atoms with Gasteiger partial charge in [-0.15, -0.1) is 0 Å². The molecule has 0 aliphatic carbocycles. The Morgan fingerprint density at radius 2 is 1.74 bits per heavy atom. The second kappa shape index (κ2) is 10.0. The van der Waals surface area contributed by atoms with Crippen LogP contribution in [0, 0.1) is 6.92 Å². The van der Waals surface area contributed by atoms with Crippen molar-refractivity contribution in [3.05, 3.63) is 94.6 Å². The number of carbonyl (C=O) groups is 3. The molecule has 2 amide bonds. The first-order chi connectivity index (χ1) is 16.4. The Kier molecular flexibility index (Phi) is 6.73. The summed E-state index contributed by atoms with van der Waals surface area (Å²) < 4.78 is 5.78. The molecule has 3 N–H and O–H groups in total. The minimum absolute atomic E-state index is 0.00980. The van der Waals surface area contributed by atoms with Crippen LogP contribution < -0.4 is 15.4 Å². The first kappa shape index (κ1) is 22.8. The largest absolute Gasteiger partial charge is 0.488 e. The summed E-state index contributed by atoms with van der Waals surface area (Å²) in [6.45, 7) is 2.09. The van der Waals surface area contributed by atoms with Crippen LogP contribution in [0.2, 0.25) is 0 Å². The highest BCUT2D eigenvalue weighted by molar-refractivity contribution is 6.13. The third-order valence-corrected chi connectivity index (χ3v) is 5.47. The smallest absolute Gasteiger partial charge is 0.303 e. The van der Waals surface area contributed by atoms with E-state index < -0.39 is 5.97 Å². The number of fused-ring (bicyclic) bond motifs is 1. The minimum atomic E-state index is -0.879. The van der Waals surface area contributed by atoms with Crippen LogP contribution in [-0.2, 0) is 16.0 Å². The summed E-state index contributed by atoms with van der Waals surface area (Å²) in [4.78, 5) is 36.7. The summed E-state index contributed by atoms with van der Waals surface area (Å²) in [7, 11) is 0. The average molecular weight is 456 g/mol. The molecule has 0 unspecified atom stereocenters. The minimum Gasteiger partial charge on any atom is -0.488 e. The van der Waals surface area contributed by atoms with Crippen molar-refractivity contribution in [1.29, 1.82) is 0 Å². The standard InChI is InChI=1S/C27H24N2O5/c1-17-6-4-8-19-15-20(16-34-25(17)19)26(32)29-23-11-3-2-10-22(23)27(33)28-21-9-5-7-18(14-21)12-13-24(30)31/h2-11,14-15H,12-13,16H2,1H3,(H,28,33)(H,29,32)(H,30,31). The van der Waals surface area contributed by atoms with Gasteiger partial charge >= 0.3 is 5.97 Å². The van der Waals surface area contributed by atoms with Gasteiger partial charge in [0, 0.05) is 17.7 Å². The average Bonchev–Trinajstić information content (AvgIpc) is 2.83. The number of carbonyl (C=O) groups excluding carboxylic acids is 2. The maximum absolute atomic E-state index is 13.0. The van der Waals surface area contributed by atoms with Crippen LogP contribution in [0.1, 0.15) is 33.5 Å². The molecule has 0 atom stereocenters. The molecule has 3 aromatic carbocycles. The Bertz CT molecular complexity index is 1300. The zero-order valence-corrected chi connectivity index (χ0v) is 18.6. The zero-order valence-electron chi connectivity index (χ0n) is 18.6. The van der Waals surface area contributed by atoms with E-state index in [1.54, 1.807) is 48.5 Å². The molecule has 0 bridgehead atoms. The Labute approximate surface area is 197 Å². The van der Waals surface area contributed by atoms with Crippen LogP contribution >= 0.6 is 0 Å². The Hall–Kier alpha value is -4.39. The van der Waals surface area contributed by atoms with Crippen molar-refractivity contribution in [3.8, 4) is 5.75 Å². The fourth-order valence-electron chi connectivity index (χ4n) is 3.74. The monoisotopic (exact) mass is 456 g/mol. The van der Waals surface area contributed by atoms with E-state index in [0.29, 0.717) is 28.9 Å². The molecule has 7 heteroatoms. The number of carboxylic acids is 1. The first-order valence-electron chi connectivity index (χ1n) is 10.9. The quantitative estimate of drug-likeness (QED) is 0.479. The molecule has 34 heavy (non-hydrogen) atoms. The van der Waals surface area contributed by atoms with Gasteiger partial charge in [0.05, 0.1) is 16.8 Å². The van der Waals surface area contributed by atoms with Gasteiger partial charge in [0.15, 0.2) is 0 Å². The Balaban J connectivity index is 1.49. The molecular formula is C27H24N2O5. The molecule has 0 saturated heterocycles. The Morgan fingerprint density at radius 3 is 2.56 bits per heavy atom. The lowest BCUT2D eigenvalue weighted by Crippen LogP contribution is -2.23. The summed E-state index contributed by atoms with van der Waals surface area (Å²) in [6, 6.07) is 19.5. The Morgan fingerprint density at radius 1 is 0.941 bits per heavy atom. The van der Waals surface area contributed by atoms with E-state index in [2.05, 4.69) is 10.6 Å². The molecule has 7 nitrogen and oxygen atoms in total. The number of hydrogen-bond acceptors (Lipinski definition) is 4. The van der Waals surface area contributed by atoms with E-state index >= 15 is 0 Å². The second-order valence-corrected chi connectivity index (χ2v) is 8.00. The maximum Gasteiger partial charge on any atom is 0.303 e. The topological polar surface area (TPSA) is 105 Å². The first-order valence-corrected chi connectivity index (χ1v) is 10.9. The number of carboxylic acid groups (broad SMARTS) is 1. The van der Waals surface area contributed by atoms with Gasteiger partial charge in [0.1, 0.15) is 12.4 Å². The zero-order chi connectivity index (χ0) is 24.1. The number of ether oxygens (including phenoxy) is 1. The highest BCUT2D eigenvalue weighted by Crippen LogP contribution is 2.30. The normalized spacial score (nSPS) is 12.1. The number of hydrogen-bond donors (Lipinski definition) is 3. The van der Waals surface area contributed by atoms with E-state index in [1.165, 1.54) is 0 Å². The van der Waals surface area contributed by atoms with Crippen molar-refractivity contribution >= 4 is 35.2 Å². The van der Waals surface area contributed by atoms with E-state index in [4.69, 9.17) is 9.84 Å². The van der Waals surface area contributed by atoms with Crippen LogP contribution in [0.5, 0.6) is 5.75 Å². The predicted molar refractivity (Wildman–Crippen MR) is 130 cm³/mol. The molecule has 3 aromatic rings. The highest BCUT2D eigenvalue weighted by atomic mass is 16.5. The summed E-state index contributed by atoms with van der Waals surface area (Å²) in [5.41, 5.74) is 4.33. The molecule has 1 heterocycles. The van der Waals surface area contributed by atoms with Crippen LogP contribution in [0.25, 0.3) is 6.08 Å². The van der Waals surface area contributed by atoms with Gasteiger partial charge < -0.3 is 20.5 Å². The van der Waals surface area contributed by atoms with Gasteiger partial charge in [-0.1, -0.05) is 42.5 Å². The van der Waals surface area contributed by atoms with Crippen molar-refractivity contribution in [1.82, 2.24) is 0 Å². The van der Waals surface area contributed by atoms with Crippen LogP contribution in [0.3, 0.4) is 0 Å². The number of aryl methyl sites for hydroxylation is 2. The molecule has 1 aliphatic rings. The summed E-state index contributed by atoms with van der Waals surface area (Å²) >= 11 is 0. The van der Waals surface area contributed by atoms with Crippen LogP contribution in [0.15, 0.2) is 72.3 Å². The van der Waals surface area contributed by atoms with Gasteiger partial charge in [0.2, 0.25) is 0 Å². The van der Waals surface area contributed by atoms with Crippen molar-refractivity contribution < 1.29 is 24.2 Å². The van der Waals surface area contributed by atoms with Crippen molar-refractivity contribution in [3.63, 3.8) is 0 Å². The molecular weight excluding hydrogens is 432 g/mol. The summed E-state index contributed by atoms with van der Waals surface area (Å²) in [5, 5.41) is 14.5. The van der Waals surface area contributed by atoms with Gasteiger partial charge in [0.25, 0.3) is 11.8 Å². The lowest BCUT2D eigenvalue weighted by molar-refractivity contribution is -0.137. The van der Waals surface area contributed by atoms with Crippen molar-refractivity contribution in [2.75, 3.05) is 17.2 Å². The molecule has 0 aromatic heterocycles. The summed E-state index contributed by atoms with van der Waals surface area (Å²) in [6.07, 6.45) is 2.17. The van der Waals surface area contributed by atoms with E-state index in [1.807, 2.05) is 31.2 Å². The number of aliphatic carboxylic acids is 1. The lowest BCUT2D eigenvalue weighted by atomic mass is 10.0. The van der Waals surface area contributed by atoms with E-state index in [9.17, 15) is 14.4 Å². The van der Waals surface area contributed by atoms with Crippen LogP contribution in [0.4, 0.5) is 11.4 Å². The molecule has 0 saturated carbocycles. The van der Waals surface area contributed by atoms with E-state index in [0.717, 1.165) is 22.4 Å². The van der Waals surface area contributed by atoms with E-state index in [-0.39, 0.29) is 24.8 Å². The number of benzene rings is 3. The van der Waals surface area contributed by atoms with Crippen LogP contribution in [-0.4, -0.2) is 29.5 Å². The number of anilines is 2.